The van der Waals surface area contributed by atoms with Gasteiger partial charge in [0.15, 0.2) is 0 Å². The van der Waals surface area contributed by atoms with Gasteiger partial charge >= 0.3 is 0 Å². The van der Waals surface area contributed by atoms with E-state index in [1.807, 2.05) is 0 Å². The van der Waals surface area contributed by atoms with Gasteiger partial charge in [-0.05, 0) is 42.8 Å². The number of hydrogen-bond acceptors (Lipinski definition) is 4. The van der Waals surface area contributed by atoms with E-state index in [2.05, 4.69) is 65.4 Å². The zero-order chi connectivity index (χ0) is 18.5. The highest BCUT2D eigenvalue weighted by Crippen LogP contribution is 2.32. The van der Waals surface area contributed by atoms with E-state index in [1.165, 1.54) is 16.7 Å². The lowest BCUT2D eigenvalue weighted by Gasteiger charge is -2.36. The molecular formula is C23H30N2O2. The summed E-state index contributed by atoms with van der Waals surface area (Å²) >= 11 is 0. The van der Waals surface area contributed by atoms with Gasteiger partial charge in [0.05, 0.1) is 19.8 Å². The van der Waals surface area contributed by atoms with E-state index in [0.717, 1.165) is 64.6 Å². The van der Waals surface area contributed by atoms with Crippen molar-refractivity contribution in [3.63, 3.8) is 0 Å². The summed E-state index contributed by atoms with van der Waals surface area (Å²) in [6, 6.07) is 18.0. The molecule has 4 heteroatoms. The third kappa shape index (κ3) is 4.70. The summed E-state index contributed by atoms with van der Waals surface area (Å²) in [6.45, 7) is 6.59. The van der Waals surface area contributed by atoms with Gasteiger partial charge in [-0.2, -0.15) is 0 Å². The number of rotatable bonds is 7. The summed E-state index contributed by atoms with van der Waals surface area (Å²) in [5, 5.41) is 0. The second kappa shape index (κ2) is 8.87. The van der Waals surface area contributed by atoms with Crippen LogP contribution in [-0.2, 0) is 17.7 Å². The van der Waals surface area contributed by atoms with Gasteiger partial charge in [-0.15, -0.1) is 0 Å². The molecule has 0 aliphatic carbocycles. The zero-order valence-electron chi connectivity index (χ0n) is 16.3. The van der Waals surface area contributed by atoms with Gasteiger partial charge in [-0.25, -0.2) is 0 Å². The highest BCUT2D eigenvalue weighted by molar-refractivity contribution is 5.40. The first kappa shape index (κ1) is 18.5. The monoisotopic (exact) mass is 366 g/mol. The third-order valence-electron chi connectivity index (χ3n) is 5.66. The average molecular weight is 367 g/mol. The fraction of sp³-hybridized carbons (Fsp3) is 0.478. The van der Waals surface area contributed by atoms with Crippen molar-refractivity contribution in [2.45, 2.75) is 25.4 Å². The minimum absolute atomic E-state index is 0.443. The van der Waals surface area contributed by atoms with Crippen LogP contribution in [0.2, 0.25) is 0 Å². The van der Waals surface area contributed by atoms with E-state index in [1.54, 1.807) is 0 Å². The predicted molar refractivity (Wildman–Crippen MR) is 108 cm³/mol. The predicted octanol–water partition coefficient (Wildman–Crippen LogP) is 3.52. The average Bonchev–Trinajstić information content (AvgIpc) is 3.18. The fourth-order valence-corrected chi connectivity index (χ4v) is 4.18. The third-order valence-corrected chi connectivity index (χ3v) is 5.66. The Hall–Kier alpha value is -1.88. The summed E-state index contributed by atoms with van der Waals surface area (Å²) in [5.41, 5.74) is 4.16. The van der Waals surface area contributed by atoms with Crippen molar-refractivity contribution in [1.29, 1.82) is 0 Å². The van der Waals surface area contributed by atoms with E-state index < -0.39 is 0 Å². The minimum Gasteiger partial charge on any atom is -0.493 e. The molecule has 2 aromatic carbocycles. The van der Waals surface area contributed by atoms with E-state index in [-0.39, 0.29) is 0 Å². The van der Waals surface area contributed by atoms with Gasteiger partial charge in [0, 0.05) is 32.1 Å². The molecule has 0 radical (unpaired) electrons. The summed E-state index contributed by atoms with van der Waals surface area (Å²) in [5.74, 6) is 1.07. The van der Waals surface area contributed by atoms with E-state index in [0.29, 0.717) is 6.04 Å². The SMILES string of the molecule is CN(CCC(c1ccc2c(c1)CCO2)N1CCOCC1)Cc1ccccc1. The molecule has 2 aromatic rings. The van der Waals surface area contributed by atoms with Crippen LogP contribution in [0.5, 0.6) is 5.75 Å². The van der Waals surface area contributed by atoms with Crippen LogP contribution in [-0.4, -0.2) is 56.3 Å². The zero-order valence-corrected chi connectivity index (χ0v) is 16.3. The molecule has 1 atom stereocenters. The summed E-state index contributed by atoms with van der Waals surface area (Å²) in [4.78, 5) is 5.02. The van der Waals surface area contributed by atoms with Crippen molar-refractivity contribution in [3.8, 4) is 5.75 Å². The van der Waals surface area contributed by atoms with Gasteiger partial charge in [-0.3, -0.25) is 4.90 Å². The highest BCUT2D eigenvalue weighted by Gasteiger charge is 2.24. The van der Waals surface area contributed by atoms with Gasteiger partial charge < -0.3 is 14.4 Å². The molecule has 0 spiro atoms. The van der Waals surface area contributed by atoms with Crippen LogP contribution >= 0.6 is 0 Å². The van der Waals surface area contributed by atoms with Gasteiger partial charge in [0.1, 0.15) is 5.75 Å². The van der Waals surface area contributed by atoms with Crippen LogP contribution in [0.4, 0.5) is 0 Å². The van der Waals surface area contributed by atoms with Crippen molar-refractivity contribution in [3.05, 3.63) is 65.2 Å². The van der Waals surface area contributed by atoms with E-state index in [4.69, 9.17) is 9.47 Å². The molecule has 0 N–H and O–H groups in total. The lowest BCUT2D eigenvalue weighted by atomic mass is 9.98. The molecule has 1 saturated heterocycles. The second-order valence-electron chi connectivity index (χ2n) is 7.64. The van der Waals surface area contributed by atoms with Crippen molar-refractivity contribution in [2.75, 3.05) is 46.5 Å². The highest BCUT2D eigenvalue weighted by atomic mass is 16.5. The van der Waals surface area contributed by atoms with Gasteiger partial charge in [0.2, 0.25) is 0 Å². The van der Waals surface area contributed by atoms with Crippen molar-refractivity contribution < 1.29 is 9.47 Å². The molecule has 0 bridgehead atoms. The van der Waals surface area contributed by atoms with Crippen LogP contribution in [0, 0.1) is 0 Å². The van der Waals surface area contributed by atoms with E-state index in [9.17, 15) is 0 Å². The summed E-state index contributed by atoms with van der Waals surface area (Å²) < 4.78 is 11.3. The molecule has 0 saturated carbocycles. The first-order valence-corrected chi connectivity index (χ1v) is 10.1. The minimum atomic E-state index is 0.443. The second-order valence-corrected chi connectivity index (χ2v) is 7.64. The molecule has 1 unspecified atom stereocenters. The molecule has 4 rings (SSSR count). The molecular weight excluding hydrogens is 336 g/mol. The normalized spacial score (nSPS) is 18.3. The summed E-state index contributed by atoms with van der Waals surface area (Å²) in [6.07, 6.45) is 2.16. The van der Waals surface area contributed by atoms with Gasteiger partial charge in [-0.1, -0.05) is 42.5 Å². The summed E-state index contributed by atoms with van der Waals surface area (Å²) in [7, 11) is 2.22. The molecule has 27 heavy (non-hydrogen) atoms. The van der Waals surface area contributed by atoms with Crippen LogP contribution in [0.25, 0.3) is 0 Å². The number of benzene rings is 2. The Morgan fingerprint density at radius 1 is 1.04 bits per heavy atom. The van der Waals surface area contributed by atoms with E-state index >= 15 is 0 Å². The lowest BCUT2D eigenvalue weighted by Crippen LogP contribution is -2.40. The molecule has 2 aliphatic heterocycles. The number of fused-ring (bicyclic) bond motifs is 1. The molecule has 4 nitrogen and oxygen atoms in total. The Morgan fingerprint density at radius 3 is 2.67 bits per heavy atom. The Bertz CT molecular complexity index is 728. The number of morpholine rings is 1. The standard InChI is InChI=1S/C23H30N2O2/c1-24(18-19-5-3-2-4-6-19)11-9-22(25-12-15-26-16-13-25)20-7-8-23-21(17-20)10-14-27-23/h2-8,17,22H,9-16,18H2,1H3. The maximum absolute atomic E-state index is 5.70. The van der Waals surface area contributed by atoms with Crippen LogP contribution in [0.15, 0.2) is 48.5 Å². The quantitative estimate of drug-likeness (QED) is 0.749. The molecule has 2 heterocycles. The van der Waals surface area contributed by atoms with Crippen molar-refractivity contribution in [2.24, 2.45) is 0 Å². The maximum atomic E-state index is 5.70. The Labute approximate surface area is 162 Å². The topological polar surface area (TPSA) is 24.9 Å². The largest absolute Gasteiger partial charge is 0.493 e. The first-order valence-electron chi connectivity index (χ1n) is 10.1. The van der Waals surface area contributed by atoms with Crippen LogP contribution < -0.4 is 4.74 Å². The number of ether oxygens (including phenoxy) is 2. The smallest absolute Gasteiger partial charge is 0.122 e. The first-order chi connectivity index (χ1) is 13.3. The Morgan fingerprint density at radius 2 is 1.85 bits per heavy atom. The molecule has 0 aromatic heterocycles. The fourth-order valence-electron chi connectivity index (χ4n) is 4.18. The lowest BCUT2D eigenvalue weighted by molar-refractivity contribution is 0.0124. The molecule has 1 fully saturated rings. The molecule has 144 valence electrons. The number of nitrogens with zero attached hydrogens (tertiary/aromatic N) is 2. The maximum Gasteiger partial charge on any atom is 0.122 e. The molecule has 0 amide bonds. The van der Waals surface area contributed by atoms with Crippen LogP contribution in [0.3, 0.4) is 0 Å². The van der Waals surface area contributed by atoms with Crippen molar-refractivity contribution in [1.82, 2.24) is 9.80 Å². The van der Waals surface area contributed by atoms with Crippen LogP contribution in [0.1, 0.15) is 29.2 Å². The molecule has 2 aliphatic rings. The Kier molecular flexibility index (Phi) is 6.07. The van der Waals surface area contributed by atoms with Gasteiger partial charge in [0.25, 0.3) is 0 Å². The van der Waals surface area contributed by atoms with Crippen molar-refractivity contribution >= 4 is 0 Å². The Balaban J connectivity index is 1.45. The number of hydrogen-bond donors (Lipinski definition) is 0.